The molecule has 1 aromatic carbocycles. The van der Waals surface area contributed by atoms with Crippen molar-refractivity contribution >= 4 is 6.09 Å². The second-order valence-electron chi connectivity index (χ2n) is 7.26. The Morgan fingerprint density at radius 1 is 1.26 bits per heavy atom. The third-order valence-corrected chi connectivity index (χ3v) is 5.01. The van der Waals surface area contributed by atoms with Crippen LogP contribution in [0, 0.1) is 11.8 Å². The Labute approximate surface area is 139 Å². The number of benzene rings is 1. The zero-order valence-electron chi connectivity index (χ0n) is 14.0. The van der Waals surface area contributed by atoms with Crippen molar-refractivity contribution in [2.45, 2.75) is 45.3 Å². The van der Waals surface area contributed by atoms with Gasteiger partial charge in [-0.05, 0) is 36.7 Å². The van der Waals surface area contributed by atoms with Gasteiger partial charge in [0.05, 0.1) is 0 Å². The normalized spacial score (nSPS) is 25.6. The van der Waals surface area contributed by atoms with Crippen molar-refractivity contribution in [2.24, 2.45) is 11.8 Å². The molecule has 1 aliphatic heterocycles. The fourth-order valence-corrected chi connectivity index (χ4v) is 3.69. The van der Waals surface area contributed by atoms with Gasteiger partial charge < -0.3 is 15.0 Å². The zero-order chi connectivity index (χ0) is 16.1. The molecule has 2 unspecified atom stereocenters. The number of likely N-dealkylation sites (tertiary alicyclic amines) is 1. The van der Waals surface area contributed by atoms with Crippen LogP contribution in [0.15, 0.2) is 30.3 Å². The van der Waals surface area contributed by atoms with Gasteiger partial charge in [0.1, 0.15) is 6.61 Å². The SMILES string of the molecule is CC1CC(NC(=O)OCc2ccccc2)CN(CC2CCC2)C1. The third kappa shape index (κ3) is 4.96. The third-order valence-electron chi connectivity index (χ3n) is 5.01. The highest BCUT2D eigenvalue weighted by atomic mass is 16.5. The van der Waals surface area contributed by atoms with Gasteiger partial charge in [0.15, 0.2) is 0 Å². The quantitative estimate of drug-likeness (QED) is 0.905. The molecule has 126 valence electrons. The van der Waals surface area contributed by atoms with Crippen LogP contribution in [0.25, 0.3) is 0 Å². The van der Waals surface area contributed by atoms with Gasteiger partial charge in [-0.25, -0.2) is 4.79 Å². The number of carbonyl (C=O) groups excluding carboxylic acids is 1. The monoisotopic (exact) mass is 316 g/mol. The summed E-state index contributed by atoms with van der Waals surface area (Å²) < 4.78 is 5.35. The number of alkyl carbamates (subject to hydrolysis) is 1. The van der Waals surface area contributed by atoms with Gasteiger partial charge >= 0.3 is 6.09 Å². The van der Waals surface area contributed by atoms with Crippen molar-refractivity contribution in [1.29, 1.82) is 0 Å². The molecule has 1 saturated carbocycles. The van der Waals surface area contributed by atoms with Crippen LogP contribution >= 0.6 is 0 Å². The molecule has 0 radical (unpaired) electrons. The predicted molar refractivity (Wildman–Crippen MR) is 91.1 cm³/mol. The van der Waals surface area contributed by atoms with E-state index < -0.39 is 0 Å². The predicted octanol–water partition coefficient (Wildman–Crippen LogP) is 3.42. The van der Waals surface area contributed by atoms with Crippen LogP contribution < -0.4 is 5.32 Å². The maximum atomic E-state index is 12.0. The highest BCUT2D eigenvalue weighted by Gasteiger charge is 2.29. The first-order chi connectivity index (χ1) is 11.2. The number of carbonyl (C=O) groups is 1. The Balaban J connectivity index is 1.43. The Hall–Kier alpha value is -1.55. The lowest BCUT2D eigenvalue weighted by atomic mass is 9.84. The summed E-state index contributed by atoms with van der Waals surface area (Å²) in [6, 6.07) is 10.0. The average molecular weight is 316 g/mol. The van der Waals surface area contributed by atoms with Crippen molar-refractivity contribution < 1.29 is 9.53 Å². The van der Waals surface area contributed by atoms with E-state index in [9.17, 15) is 4.79 Å². The number of amides is 1. The largest absolute Gasteiger partial charge is 0.445 e. The second kappa shape index (κ2) is 7.82. The lowest BCUT2D eigenvalue weighted by Crippen LogP contribution is -2.51. The lowest BCUT2D eigenvalue weighted by Gasteiger charge is -2.40. The van der Waals surface area contributed by atoms with Crippen LogP contribution in [0.1, 0.15) is 38.2 Å². The smallest absolute Gasteiger partial charge is 0.407 e. The van der Waals surface area contributed by atoms with Crippen molar-refractivity contribution in [2.75, 3.05) is 19.6 Å². The first-order valence-electron chi connectivity index (χ1n) is 8.88. The van der Waals surface area contributed by atoms with Crippen molar-refractivity contribution in [3.8, 4) is 0 Å². The van der Waals surface area contributed by atoms with Crippen LogP contribution in [0.3, 0.4) is 0 Å². The fourth-order valence-electron chi connectivity index (χ4n) is 3.69. The first-order valence-corrected chi connectivity index (χ1v) is 8.88. The molecule has 0 aromatic heterocycles. The molecule has 1 saturated heterocycles. The lowest BCUT2D eigenvalue weighted by molar-refractivity contribution is 0.0950. The fraction of sp³-hybridized carbons (Fsp3) is 0.632. The summed E-state index contributed by atoms with van der Waals surface area (Å²) in [6.45, 7) is 5.92. The van der Waals surface area contributed by atoms with Gasteiger partial charge in [-0.1, -0.05) is 43.7 Å². The topological polar surface area (TPSA) is 41.6 Å². The molecule has 0 bridgehead atoms. The van der Waals surface area contributed by atoms with Gasteiger partial charge in [0.2, 0.25) is 0 Å². The Bertz CT molecular complexity index is 501. The van der Waals surface area contributed by atoms with E-state index in [0.29, 0.717) is 12.5 Å². The van der Waals surface area contributed by atoms with Crippen molar-refractivity contribution in [3.05, 3.63) is 35.9 Å². The number of hydrogen-bond acceptors (Lipinski definition) is 3. The maximum absolute atomic E-state index is 12.0. The minimum absolute atomic E-state index is 0.210. The molecule has 2 atom stereocenters. The molecule has 23 heavy (non-hydrogen) atoms. The molecular formula is C19H28N2O2. The number of piperidine rings is 1. The molecule has 1 amide bonds. The van der Waals surface area contributed by atoms with Gasteiger partial charge in [-0.2, -0.15) is 0 Å². The highest BCUT2D eigenvalue weighted by molar-refractivity contribution is 5.67. The van der Waals surface area contributed by atoms with Crippen LogP contribution in [0.5, 0.6) is 0 Å². The van der Waals surface area contributed by atoms with E-state index in [2.05, 4.69) is 17.1 Å². The van der Waals surface area contributed by atoms with E-state index in [0.717, 1.165) is 31.0 Å². The van der Waals surface area contributed by atoms with Crippen LogP contribution in [0.2, 0.25) is 0 Å². The molecule has 1 aliphatic carbocycles. The molecule has 2 aliphatic rings. The van der Waals surface area contributed by atoms with E-state index in [1.807, 2.05) is 30.3 Å². The van der Waals surface area contributed by atoms with E-state index in [-0.39, 0.29) is 12.1 Å². The molecule has 4 heteroatoms. The Morgan fingerprint density at radius 2 is 2.04 bits per heavy atom. The van der Waals surface area contributed by atoms with Crippen LogP contribution in [0.4, 0.5) is 4.79 Å². The highest BCUT2D eigenvalue weighted by Crippen LogP contribution is 2.28. The first kappa shape index (κ1) is 16.3. The number of rotatable bonds is 5. The molecule has 2 fully saturated rings. The summed E-state index contributed by atoms with van der Waals surface area (Å²) >= 11 is 0. The minimum atomic E-state index is -0.295. The molecule has 1 aromatic rings. The van der Waals surface area contributed by atoms with Crippen LogP contribution in [-0.2, 0) is 11.3 Å². The van der Waals surface area contributed by atoms with Gasteiger partial charge in [-0.3, -0.25) is 0 Å². The Morgan fingerprint density at radius 3 is 2.74 bits per heavy atom. The average Bonchev–Trinajstić information content (AvgIpc) is 2.49. The van der Waals surface area contributed by atoms with E-state index in [4.69, 9.17) is 4.74 Å². The second-order valence-corrected chi connectivity index (χ2v) is 7.26. The van der Waals surface area contributed by atoms with Gasteiger partial charge in [-0.15, -0.1) is 0 Å². The van der Waals surface area contributed by atoms with Gasteiger partial charge in [0, 0.05) is 25.7 Å². The van der Waals surface area contributed by atoms with Crippen LogP contribution in [-0.4, -0.2) is 36.7 Å². The summed E-state index contributed by atoms with van der Waals surface area (Å²) in [6.07, 6.45) is 4.89. The molecule has 4 nitrogen and oxygen atoms in total. The van der Waals surface area contributed by atoms with Crippen molar-refractivity contribution in [3.63, 3.8) is 0 Å². The van der Waals surface area contributed by atoms with E-state index in [1.54, 1.807) is 0 Å². The summed E-state index contributed by atoms with van der Waals surface area (Å²) in [5.41, 5.74) is 1.02. The molecule has 1 N–H and O–H groups in total. The molecule has 0 spiro atoms. The molecule has 3 rings (SSSR count). The number of nitrogens with zero attached hydrogens (tertiary/aromatic N) is 1. The van der Waals surface area contributed by atoms with Gasteiger partial charge in [0.25, 0.3) is 0 Å². The molecule has 1 heterocycles. The number of hydrogen-bond donors (Lipinski definition) is 1. The Kier molecular flexibility index (Phi) is 5.55. The standard InChI is InChI=1S/C19H28N2O2/c1-15-10-18(13-21(11-15)12-16-8-5-9-16)20-19(22)23-14-17-6-3-2-4-7-17/h2-4,6-7,15-16,18H,5,8-14H2,1H3,(H,20,22). The summed E-state index contributed by atoms with van der Waals surface area (Å²) in [5, 5.41) is 3.06. The summed E-state index contributed by atoms with van der Waals surface area (Å²) in [7, 11) is 0. The number of ether oxygens (including phenoxy) is 1. The summed E-state index contributed by atoms with van der Waals surface area (Å²) in [5.74, 6) is 1.51. The van der Waals surface area contributed by atoms with E-state index in [1.165, 1.54) is 25.8 Å². The number of nitrogens with one attached hydrogen (secondary N) is 1. The zero-order valence-corrected chi connectivity index (χ0v) is 14.0. The minimum Gasteiger partial charge on any atom is -0.445 e. The maximum Gasteiger partial charge on any atom is 0.407 e. The summed E-state index contributed by atoms with van der Waals surface area (Å²) in [4.78, 5) is 14.6. The van der Waals surface area contributed by atoms with E-state index >= 15 is 0 Å². The van der Waals surface area contributed by atoms with Crippen molar-refractivity contribution in [1.82, 2.24) is 10.2 Å². The molecular weight excluding hydrogens is 288 g/mol.